The van der Waals surface area contributed by atoms with E-state index in [0.29, 0.717) is 23.9 Å². The Bertz CT molecular complexity index is 1330. The molecule has 1 atom stereocenters. The van der Waals surface area contributed by atoms with E-state index in [1.165, 1.54) is 37.6 Å². The summed E-state index contributed by atoms with van der Waals surface area (Å²) in [5.74, 6) is 0.213. The number of carbonyl (C=O) groups excluding carboxylic acids is 1. The van der Waals surface area contributed by atoms with E-state index in [2.05, 4.69) is 52.7 Å². The highest BCUT2D eigenvalue weighted by Crippen LogP contribution is 2.44. The highest BCUT2D eigenvalue weighted by molar-refractivity contribution is 6.06. The van der Waals surface area contributed by atoms with E-state index in [-0.39, 0.29) is 5.91 Å². The molecule has 1 unspecified atom stereocenters. The molecule has 0 bridgehead atoms. The zero-order valence-electron chi connectivity index (χ0n) is 21.4. The Balaban J connectivity index is 1.41. The van der Waals surface area contributed by atoms with Crippen LogP contribution in [0.1, 0.15) is 60.5 Å². The monoisotopic (exact) mass is 484 g/mol. The number of aromatic nitrogens is 2. The van der Waals surface area contributed by atoms with Crippen molar-refractivity contribution in [3.05, 3.63) is 41.7 Å². The summed E-state index contributed by atoms with van der Waals surface area (Å²) in [7, 11) is 4.24. The first-order valence-corrected chi connectivity index (χ1v) is 13.4. The molecule has 1 aromatic heterocycles. The molecule has 7 heteroatoms. The van der Waals surface area contributed by atoms with Gasteiger partial charge in [-0.05, 0) is 68.6 Å². The Labute approximate surface area is 213 Å². The van der Waals surface area contributed by atoms with Gasteiger partial charge in [-0.1, -0.05) is 25.3 Å². The van der Waals surface area contributed by atoms with Crippen LogP contribution in [0.4, 0.5) is 11.4 Å². The van der Waals surface area contributed by atoms with Gasteiger partial charge in [0.15, 0.2) is 0 Å². The lowest BCUT2D eigenvalue weighted by Gasteiger charge is -2.25. The predicted molar refractivity (Wildman–Crippen MR) is 147 cm³/mol. The summed E-state index contributed by atoms with van der Waals surface area (Å²) in [6.07, 6.45) is 12.1. The molecule has 1 aliphatic carbocycles. The van der Waals surface area contributed by atoms with Gasteiger partial charge in [0, 0.05) is 43.9 Å². The molecule has 188 valence electrons. The topological polar surface area (TPSA) is 79.8 Å². The Morgan fingerprint density at radius 2 is 1.97 bits per heavy atom. The summed E-state index contributed by atoms with van der Waals surface area (Å²) in [5.41, 5.74) is 13.8. The third kappa shape index (κ3) is 4.09. The Morgan fingerprint density at radius 1 is 1.14 bits per heavy atom. The van der Waals surface area contributed by atoms with Crippen LogP contribution in [-0.4, -0.2) is 60.3 Å². The molecule has 2 aliphatic heterocycles. The first-order chi connectivity index (χ1) is 17.5. The highest BCUT2D eigenvalue weighted by atomic mass is 16.1. The van der Waals surface area contributed by atoms with E-state index >= 15 is 0 Å². The third-order valence-electron chi connectivity index (χ3n) is 8.25. The van der Waals surface area contributed by atoms with E-state index in [9.17, 15) is 4.79 Å². The molecular weight excluding hydrogens is 448 g/mol. The van der Waals surface area contributed by atoms with Crippen LogP contribution in [0, 0.1) is 5.92 Å². The van der Waals surface area contributed by atoms with Crippen LogP contribution in [0.5, 0.6) is 0 Å². The number of nitrogens with zero attached hydrogens (tertiary/aromatic N) is 5. The van der Waals surface area contributed by atoms with Crippen molar-refractivity contribution in [2.45, 2.75) is 51.0 Å². The molecule has 2 aromatic carbocycles. The van der Waals surface area contributed by atoms with Crippen molar-refractivity contribution in [3.8, 4) is 11.1 Å². The summed E-state index contributed by atoms with van der Waals surface area (Å²) in [6, 6.07) is 9.29. The van der Waals surface area contributed by atoms with Crippen LogP contribution in [0.25, 0.3) is 22.2 Å². The molecule has 3 heterocycles. The minimum atomic E-state index is -0.365. The van der Waals surface area contributed by atoms with Gasteiger partial charge in [0.1, 0.15) is 0 Å². The molecule has 36 heavy (non-hydrogen) atoms. The number of fused-ring (bicyclic) bond motifs is 2. The van der Waals surface area contributed by atoms with Gasteiger partial charge < -0.3 is 20.1 Å². The Morgan fingerprint density at radius 3 is 2.75 bits per heavy atom. The van der Waals surface area contributed by atoms with Gasteiger partial charge in [-0.2, -0.15) is 0 Å². The zero-order valence-corrected chi connectivity index (χ0v) is 21.4. The number of aliphatic imine (C=N–C) groups is 1. The molecule has 0 spiro atoms. The lowest BCUT2D eigenvalue weighted by atomic mass is 9.93. The SMILES string of the molecule is CN(C)CC1CCN(c2cc(-c3ccc4c(c3)ncn4C3CCCCC3)c3c(c2C(N)=O)CC=N3)C1. The number of primary amides is 1. The molecule has 1 saturated carbocycles. The van der Waals surface area contributed by atoms with Crippen LogP contribution >= 0.6 is 0 Å². The molecule has 6 rings (SSSR count). The first-order valence-electron chi connectivity index (χ1n) is 13.4. The number of rotatable bonds is 6. The number of anilines is 1. The van der Waals surface area contributed by atoms with Gasteiger partial charge >= 0.3 is 0 Å². The van der Waals surface area contributed by atoms with Crippen molar-refractivity contribution in [3.63, 3.8) is 0 Å². The van der Waals surface area contributed by atoms with Crippen molar-refractivity contribution in [1.29, 1.82) is 0 Å². The fourth-order valence-corrected chi connectivity index (χ4v) is 6.60. The summed E-state index contributed by atoms with van der Waals surface area (Å²) >= 11 is 0. The summed E-state index contributed by atoms with van der Waals surface area (Å²) < 4.78 is 2.37. The van der Waals surface area contributed by atoms with Crippen molar-refractivity contribution < 1.29 is 4.79 Å². The van der Waals surface area contributed by atoms with E-state index in [4.69, 9.17) is 15.7 Å². The highest BCUT2D eigenvalue weighted by Gasteiger charge is 2.30. The number of hydrogen-bond donors (Lipinski definition) is 1. The molecule has 3 aromatic rings. The number of amides is 1. The molecule has 0 radical (unpaired) electrons. The summed E-state index contributed by atoms with van der Waals surface area (Å²) in [5, 5.41) is 0. The van der Waals surface area contributed by atoms with Crippen LogP contribution in [0.3, 0.4) is 0 Å². The average molecular weight is 485 g/mol. The van der Waals surface area contributed by atoms with Gasteiger partial charge in [0.2, 0.25) is 0 Å². The maximum absolute atomic E-state index is 12.7. The predicted octanol–water partition coefficient (Wildman–Crippen LogP) is 4.95. The van der Waals surface area contributed by atoms with Crippen molar-refractivity contribution in [2.24, 2.45) is 16.6 Å². The number of carbonyl (C=O) groups is 1. The molecule has 2 fully saturated rings. The molecule has 1 saturated heterocycles. The Kier molecular flexibility index (Phi) is 6.04. The van der Waals surface area contributed by atoms with E-state index in [1.54, 1.807) is 0 Å². The minimum Gasteiger partial charge on any atom is -0.371 e. The second-order valence-corrected chi connectivity index (χ2v) is 11.0. The van der Waals surface area contributed by atoms with E-state index in [1.807, 2.05) is 12.5 Å². The first kappa shape index (κ1) is 23.2. The number of imidazole rings is 1. The van der Waals surface area contributed by atoms with Crippen molar-refractivity contribution >= 4 is 34.5 Å². The van der Waals surface area contributed by atoms with Gasteiger partial charge in [-0.3, -0.25) is 9.79 Å². The van der Waals surface area contributed by atoms with E-state index in [0.717, 1.165) is 59.6 Å². The molecule has 3 aliphatic rings. The smallest absolute Gasteiger partial charge is 0.251 e. The fraction of sp³-hybridized carbons (Fsp3) is 0.483. The van der Waals surface area contributed by atoms with Crippen LogP contribution in [0.2, 0.25) is 0 Å². The largest absolute Gasteiger partial charge is 0.371 e. The quantitative estimate of drug-likeness (QED) is 0.537. The number of hydrogen-bond acceptors (Lipinski definition) is 5. The fourth-order valence-electron chi connectivity index (χ4n) is 6.60. The second kappa shape index (κ2) is 9.36. The maximum Gasteiger partial charge on any atom is 0.251 e. The van der Waals surface area contributed by atoms with Gasteiger partial charge in [0.05, 0.1) is 34.3 Å². The van der Waals surface area contributed by atoms with Gasteiger partial charge in [-0.25, -0.2) is 4.98 Å². The van der Waals surface area contributed by atoms with Crippen LogP contribution in [-0.2, 0) is 6.42 Å². The number of nitrogens with two attached hydrogens (primary N) is 1. The Hall–Kier alpha value is -3.19. The van der Waals surface area contributed by atoms with Crippen molar-refractivity contribution in [1.82, 2.24) is 14.5 Å². The summed E-state index contributed by atoms with van der Waals surface area (Å²) in [4.78, 5) is 26.8. The normalized spacial score (nSPS) is 20.1. The van der Waals surface area contributed by atoms with Gasteiger partial charge in [-0.15, -0.1) is 0 Å². The summed E-state index contributed by atoms with van der Waals surface area (Å²) in [6.45, 7) is 2.91. The average Bonchev–Trinajstić information content (AvgIpc) is 3.62. The minimum absolute atomic E-state index is 0.365. The molecule has 2 N–H and O–H groups in total. The standard InChI is InChI=1S/C29H36N6O/c1-33(2)16-19-11-13-34(17-19)26-15-23(28-22(10-12-31-28)27(26)29(30)36)20-8-9-25-24(14-20)32-18-35(25)21-6-4-3-5-7-21/h8-9,12,14-15,18-19,21H,3-7,10-11,13,16-17H2,1-2H3,(H2,30,36). The molecule has 7 nitrogen and oxygen atoms in total. The van der Waals surface area contributed by atoms with Gasteiger partial charge in [0.25, 0.3) is 5.91 Å². The second-order valence-electron chi connectivity index (χ2n) is 11.0. The third-order valence-corrected chi connectivity index (χ3v) is 8.25. The lowest BCUT2D eigenvalue weighted by Crippen LogP contribution is -2.28. The van der Waals surface area contributed by atoms with Crippen LogP contribution in [0.15, 0.2) is 35.6 Å². The maximum atomic E-state index is 12.7. The lowest BCUT2D eigenvalue weighted by molar-refractivity contribution is 0.1000. The molecular formula is C29H36N6O. The van der Waals surface area contributed by atoms with Crippen LogP contribution < -0.4 is 10.6 Å². The zero-order chi connectivity index (χ0) is 24.8. The number of benzene rings is 2. The van der Waals surface area contributed by atoms with Crippen molar-refractivity contribution in [2.75, 3.05) is 38.6 Å². The molecule has 1 amide bonds. The van der Waals surface area contributed by atoms with E-state index < -0.39 is 0 Å².